The summed E-state index contributed by atoms with van der Waals surface area (Å²) in [5, 5.41) is 0. The highest BCUT2D eigenvalue weighted by Crippen LogP contribution is 2.10. The van der Waals surface area contributed by atoms with Crippen LogP contribution in [0.2, 0.25) is 0 Å². The molecule has 0 bridgehead atoms. The molecule has 26 heavy (non-hydrogen) atoms. The number of nitrogens with zero attached hydrogens (tertiary/aromatic N) is 4. The highest BCUT2D eigenvalue weighted by atomic mass is 16.2. The summed E-state index contributed by atoms with van der Waals surface area (Å²) in [4.78, 5) is 43.6. The summed E-state index contributed by atoms with van der Waals surface area (Å²) < 4.78 is 0. The summed E-state index contributed by atoms with van der Waals surface area (Å²) in [6.45, 7) is 6.93. The third-order valence-electron chi connectivity index (χ3n) is 5.10. The first kappa shape index (κ1) is 18.4. The molecular weight excluding hydrogens is 332 g/mol. The molecule has 140 valence electrons. The Morgan fingerprint density at radius 3 is 1.69 bits per heavy atom. The second-order valence-electron chi connectivity index (χ2n) is 6.85. The molecule has 2 heterocycles. The zero-order valence-electron chi connectivity index (χ0n) is 15.3. The molecule has 0 radical (unpaired) electrons. The Morgan fingerprint density at radius 2 is 1.19 bits per heavy atom. The standard InChI is InChI=1S/C19H26N4O3/c1-16(24)21-11-13-23(14-12-21)19(26)18(25)22-9-7-20(8-10-22)15-17-5-3-2-4-6-17/h2-6H,7-15H2,1H3. The number of rotatable bonds is 2. The highest BCUT2D eigenvalue weighted by Gasteiger charge is 2.31. The number of benzene rings is 1. The molecule has 1 aromatic rings. The third kappa shape index (κ3) is 4.40. The third-order valence-corrected chi connectivity index (χ3v) is 5.10. The molecule has 0 saturated carbocycles. The Morgan fingerprint density at radius 1 is 0.731 bits per heavy atom. The number of amides is 3. The Hall–Kier alpha value is -2.41. The lowest BCUT2D eigenvalue weighted by molar-refractivity contribution is -0.154. The van der Waals surface area contributed by atoms with Gasteiger partial charge in [0.15, 0.2) is 0 Å². The topological polar surface area (TPSA) is 64.2 Å². The van der Waals surface area contributed by atoms with Gasteiger partial charge in [-0.1, -0.05) is 30.3 Å². The lowest BCUT2D eigenvalue weighted by Crippen LogP contribution is -2.56. The molecule has 0 atom stereocenters. The van der Waals surface area contributed by atoms with Crippen molar-refractivity contribution in [1.29, 1.82) is 0 Å². The molecule has 3 rings (SSSR count). The van der Waals surface area contributed by atoms with Crippen LogP contribution in [0.5, 0.6) is 0 Å². The van der Waals surface area contributed by atoms with Crippen LogP contribution in [0.15, 0.2) is 30.3 Å². The second kappa shape index (κ2) is 8.31. The van der Waals surface area contributed by atoms with Gasteiger partial charge in [-0.15, -0.1) is 0 Å². The lowest BCUT2D eigenvalue weighted by atomic mass is 10.2. The van der Waals surface area contributed by atoms with Gasteiger partial charge >= 0.3 is 11.8 Å². The Balaban J connectivity index is 1.46. The van der Waals surface area contributed by atoms with E-state index in [0.29, 0.717) is 39.3 Å². The summed E-state index contributed by atoms with van der Waals surface area (Å²) in [5.41, 5.74) is 1.26. The molecule has 2 fully saturated rings. The Bertz CT molecular complexity index is 648. The van der Waals surface area contributed by atoms with Crippen molar-refractivity contribution < 1.29 is 14.4 Å². The summed E-state index contributed by atoms with van der Waals surface area (Å²) in [6, 6.07) is 10.3. The molecule has 7 nitrogen and oxygen atoms in total. The van der Waals surface area contributed by atoms with E-state index in [1.54, 1.807) is 14.7 Å². The number of carbonyl (C=O) groups is 3. The summed E-state index contributed by atoms with van der Waals surface area (Å²) in [7, 11) is 0. The molecule has 2 aliphatic rings. The first-order valence-electron chi connectivity index (χ1n) is 9.14. The number of piperazine rings is 2. The van der Waals surface area contributed by atoms with Crippen molar-refractivity contribution in [3.63, 3.8) is 0 Å². The van der Waals surface area contributed by atoms with E-state index in [2.05, 4.69) is 17.0 Å². The average Bonchev–Trinajstić information content (AvgIpc) is 2.68. The second-order valence-corrected chi connectivity index (χ2v) is 6.85. The van der Waals surface area contributed by atoms with Crippen molar-refractivity contribution in [2.75, 3.05) is 52.4 Å². The van der Waals surface area contributed by atoms with Gasteiger partial charge in [-0.05, 0) is 5.56 Å². The van der Waals surface area contributed by atoms with Crippen molar-refractivity contribution in [3.8, 4) is 0 Å². The van der Waals surface area contributed by atoms with Gasteiger partial charge in [0.2, 0.25) is 5.91 Å². The van der Waals surface area contributed by atoms with E-state index in [-0.39, 0.29) is 5.91 Å². The predicted octanol–water partition coefficient (Wildman–Crippen LogP) is 0.0215. The lowest BCUT2D eigenvalue weighted by Gasteiger charge is -2.37. The van der Waals surface area contributed by atoms with Crippen LogP contribution in [-0.2, 0) is 20.9 Å². The fourth-order valence-corrected chi connectivity index (χ4v) is 3.45. The van der Waals surface area contributed by atoms with Gasteiger partial charge in [0, 0.05) is 65.8 Å². The van der Waals surface area contributed by atoms with Gasteiger partial charge in [-0.2, -0.15) is 0 Å². The molecule has 0 N–H and O–H groups in total. The predicted molar refractivity (Wildman–Crippen MR) is 97.1 cm³/mol. The van der Waals surface area contributed by atoms with Crippen LogP contribution in [0.3, 0.4) is 0 Å². The van der Waals surface area contributed by atoms with Gasteiger partial charge < -0.3 is 14.7 Å². The fourth-order valence-electron chi connectivity index (χ4n) is 3.45. The minimum Gasteiger partial charge on any atom is -0.339 e. The maximum Gasteiger partial charge on any atom is 0.312 e. The Kier molecular flexibility index (Phi) is 5.88. The summed E-state index contributed by atoms with van der Waals surface area (Å²) >= 11 is 0. The van der Waals surface area contributed by atoms with Gasteiger partial charge in [0.05, 0.1) is 0 Å². The first-order chi connectivity index (χ1) is 12.5. The molecule has 1 aromatic carbocycles. The van der Waals surface area contributed by atoms with Crippen LogP contribution in [0.4, 0.5) is 0 Å². The van der Waals surface area contributed by atoms with Crippen LogP contribution < -0.4 is 0 Å². The molecule has 0 aromatic heterocycles. The average molecular weight is 358 g/mol. The maximum atomic E-state index is 12.5. The van der Waals surface area contributed by atoms with Crippen molar-refractivity contribution in [2.45, 2.75) is 13.5 Å². The molecule has 2 saturated heterocycles. The molecule has 3 amide bonds. The zero-order chi connectivity index (χ0) is 18.5. The van der Waals surface area contributed by atoms with E-state index in [4.69, 9.17) is 0 Å². The van der Waals surface area contributed by atoms with Crippen molar-refractivity contribution in [3.05, 3.63) is 35.9 Å². The summed E-state index contributed by atoms with van der Waals surface area (Å²) in [6.07, 6.45) is 0. The minimum atomic E-state index is -0.440. The van der Waals surface area contributed by atoms with Gasteiger partial charge in [-0.25, -0.2) is 0 Å². The van der Waals surface area contributed by atoms with E-state index in [9.17, 15) is 14.4 Å². The smallest absolute Gasteiger partial charge is 0.312 e. The van der Waals surface area contributed by atoms with E-state index in [1.807, 2.05) is 18.2 Å². The monoisotopic (exact) mass is 358 g/mol. The maximum absolute atomic E-state index is 12.5. The van der Waals surface area contributed by atoms with Crippen LogP contribution in [0.1, 0.15) is 12.5 Å². The van der Waals surface area contributed by atoms with Gasteiger partial charge in [0.1, 0.15) is 0 Å². The van der Waals surface area contributed by atoms with E-state index >= 15 is 0 Å². The van der Waals surface area contributed by atoms with Crippen LogP contribution in [-0.4, -0.2) is 89.7 Å². The number of carbonyl (C=O) groups excluding carboxylic acids is 3. The SMILES string of the molecule is CC(=O)N1CCN(C(=O)C(=O)N2CCN(Cc3ccccc3)CC2)CC1. The highest BCUT2D eigenvalue weighted by molar-refractivity contribution is 6.34. The van der Waals surface area contributed by atoms with Gasteiger partial charge in [-0.3, -0.25) is 19.3 Å². The molecular formula is C19H26N4O3. The molecule has 7 heteroatoms. The number of hydrogen-bond acceptors (Lipinski definition) is 4. The van der Waals surface area contributed by atoms with Crippen LogP contribution in [0, 0.1) is 0 Å². The van der Waals surface area contributed by atoms with E-state index in [0.717, 1.165) is 19.6 Å². The van der Waals surface area contributed by atoms with E-state index < -0.39 is 11.8 Å². The summed E-state index contributed by atoms with van der Waals surface area (Å²) in [5.74, 6) is -0.844. The number of hydrogen-bond donors (Lipinski definition) is 0. The van der Waals surface area contributed by atoms with Crippen molar-refractivity contribution >= 4 is 17.7 Å². The Labute approximate surface area is 154 Å². The van der Waals surface area contributed by atoms with Crippen LogP contribution >= 0.6 is 0 Å². The van der Waals surface area contributed by atoms with Gasteiger partial charge in [0.25, 0.3) is 0 Å². The van der Waals surface area contributed by atoms with Crippen molar-refractivity contribution in [2.24, 2.45) is 0 Å². The largest absolute Gasteiger partial charge is 0.339 e. The van der Waals surface area contributed by atoms with E-state index in [1.165, 1.54) is 12.5 Å². The van der Waals surface area contributed by atoms with Crippen molar-refractivity contribution in [1.82, 2.24) is 19.6 Å². The molecule has 2 aliphatic heterocycles. The molecule has 0 aliphatic carbocycles. The fraction of sp³-hybridized carbons (Fsp3) is 0.526. The normalized spacial score (nSPS) is 18.7. The van der Waals surface area contributed by atoms with Crippen LogP contribution in [0.25, 0.3) is 0 Å². The molecule has 0 unspecified atom stereocenters. The quantitative estimate of drug-likeness (QED) is 0.700. The zero-order valence-corrected chi connectivity index (χ0v) is 15.3. The molecule has 0 spiro atoms. The minimum absolute atomic E-state index is 0.0120. The first-order valence-corrected chi connectivity index (χ1v) is 9.14.